The minimum atomic E-state index is -0.430. The molecule has 3 unspecified atom stereocenters. The van der Waals surface area contributed by atoms with Crippen LogP contribution in [0, 0.1) is 11.8 Å². The Balaban J connectivity index is 1.93. The normalized spacial score (nSPS) is 22.4. The molecule has 23 heavy (non-hydrogen) atoms. The lowest BCUT2D eigenvalue weighted by molar-refractivity contribution is -0.145. The summed E-state index contributed by atoms with van der Waals surface area (Å²) < 4.78 is 10.6. The lowest BCUT2D eigenvalue weighted by Gasteiger charge is -2.07. The Kier molecular flexibility index (Phi) is 4.48. The fourth-order valence-corrected chi connectivity index (χ4v) is 3.79. The number of methoxy groups -OCH3 is 1. The number of carbonyl (C=O) groups excluding carboxylic acids is 2. The number of ketones is 1. The number of hydrogen-bond donors (Lipinski definition) is 0. The number of thiophene rings is 1. The monoisotopic (exact) mass is 330 g/mol. The van der Waals surface area contributed by atoms with Crippen molar-refractivity contribution in [1.29, 1.82) is 0 Å². The van der Waals surface area contributed by atoms with Crippen LogP contribution in [0.5, 0.6) is 5.75 Å². The minimum absolute atomic E-state index is 0.00830. The van der Waals surface area contributed by atoms with Gasteiger partial charge in [0, 0.05) is 11.8 Å². The van der Waals surface area contributed by atoms with Gasteiger partial charge < -0.3 is 9.47 Å². The highest BCUT2D eigenvalue weighted by molar-refractivity contribution is 7.12. The number of ether oxygens (including phenoxy) is 2. The Morgan fingerprint density at radius 1 is 1.13 bits per heavy atom. The first-order valence-corrected chi connectivity index (χ1v) is 8.44. The predicted molar refractivity (Wildman–Crippen MR) is 88.0 cm³/mol. The summed E-state index contributed by atoms with van der Waals surface area (Å²) in [7, 11) is 1.59. The molecule has 1 aromatic carbocycles. The third kappa shape index (κ3) is 2.88. The Hall–Kier alpha value is -2.14. The molecular weight excluding hydrogens is 312 g/mol. The standard InChI is InChI=1S/C18H18O4S/c1-3-22-18(20)16-14(11-7-4-5-8-12(11)21-2)15(16)17(19)13-9-6-10-23-13/h4-10,14-16H,3H2,1-2H3. The van der Waals surface area contributed by atoms with Crippen molar-refractivity contribution >= 4 is 23.1 Å². The van der Waals surface area contributed by atoms with E-state index in [1.54, 1.807) is 20.1 Å². The molecule has 2 aromatic rings. The minimum Gasteiger partial charge on any atom is -0.496 e. The molecule has 1 saturated carbocycles. The van der Waals surface area contributed by atoms with E-state index in [2.05, 4.69) is 0 Å². The van der Waals surface area contributed by atoms with Crippen LogP contribution in [0.4, 0.5) is 0 Å². The number of hydrogen-bond acceptors (Lipinski definition) is 5. The second kappa shape index (κ2) is 6.54. The first-order chi connectivity index (χ1) is 11.2. The van der Waals surface area contributed by atoms with Crippen molar-refractivity contribution < 1.29 is 19.1 Å². The molecule has 5 heteroatoms. The fourth-order valence-electron chi connectivity index (χ4n) is 3.08. The van der Waals surface area contributed by atoms with Gasteiger partial charge in [0.05, 0.1) is 24.5 Å². The maximum Gasteiger partial charge on any atom is 0.310 e. The molecule has 1 aliphatic rings. The highest BCUT2D eigenvalue weighted by atomic mass is 32.1. The highest BCUT2D eigenvalue weighted by Gasteiger charge is 2.61. The highest BCUT2D eigenvalue weighted by Crippen LogP contribution is 2.58. The van der Waals surface area contributed by atoms with E-state index in [4.69, 9.17) is 9.47 Å². The molecule has 3 rings (SSSR count). The average Bonchev–Trinajstić information content (AvgIpc) is 3.06. The lowest BCUT2D eigenvalue weighted by atomic mass is 10.1. The smallest absolute Gasteiger partial charge is 0.310 e. The Morgan fingerprint density at radius 2 is 1.91 bits per heavy atom. The predicted octanol–water partition coefficient (Wildman–Crippen LogP) is 3.53. The molecular formula is C18H18O4S. The van der Waals surface area contributed by atoms with E-state index < -0.39 is 5.92 Å². The van der Waals surface area contributed by atoms with E-state index in [0.717, 1.165) is 5.56 Å². The van der Waals surface area contributed by atoms with Crippen LogP contribution < -0.4 is 4.74 Å². The van der Waals surface area contributed by atoms with Gasteiger partial charge in [-0.3, -0.25) is 9.59 Å². The summed E-state index contributed by atoms with van der Waals surface area (Å²) in [6.07, 6.45) is 0. The lowest BCUT2D eigenvalue weighted by Crippen LogP contribution is -2.11. The van der Waals surface area contributed by atoms with Crippen LogP contribution in [0.3, 0.4) is 0 Å². The van der Waals surface area contributed by atoms with E-state index in [-0.39, 0.29) is 23.6 Å². The summed E-state index contributed by atoms with van der Waals surface area (Å²) in [5.41, 5.74) is 0.892. The van der Waals surface area contributed by atoms with E-state index in [1.165, 1.54) is 11.3 Å². The summed E-state index contributed by atoms with van der Waals surface area (Å²) in [6.45, 7) is 2.09. The molecule has 1 heterocycles. The van der Waals surface area contributed by atoms with Crippen LogP contribution in [-0.2, 0) is 9.53 Å². The molecule has 1 aliphatic carbocycles. The van der Waals surface area contributed by atoms with Crippen molar-refractivity contribution in [2.24, 2.45) is 11.8 Å². The Labute approximate surface area is 139 Å². The van der Waals surface area contributed by atoms with E-state index in [9.17, 15) is 9.59 Å². The zero-order valence-electron chi connectivity index (χ0n) is 13.0. The van der Waals surface area contributed by atoms with Crippen molar-refractivity contribution in [2.75, 3.05) is 13.7 Å². The number of benzene rings is 1. The van der Waals surface area contributed by atoms with Gasteiger partial charge in [0.1, 0.15) is 5.75 Å². The molecule has 3 atom stereocenters. The number of Topliss-reactive ketones (excluding diaryl/α,β-unsaturated/α-hetero) is 1. The summed E-state index contributed by atoms with van der Waals surface area (Å²) in [4.78, 5) is 25.7. The molecule has 0 bridgehead atoms. The van der Waals surface area contributed by atoms with Crippen molar-refractivity contribution in [2.45, 2.75) is 12.8 Å². The number of rotatable bonds is 6. The molecule has 0 spiro atoms. The summed E-state index contributed by atoms with van der Waals surface area (Å²) in [6, 6.07) is 11.2. The van der Waals surface area contributed by atoms with Gasteiger partial charge in [0.2, 0.25) is 0 Å². The van der Waals surface area contributed by atoms with Crippen LogP contribution in [-0.4, -0.2) is 25.5 Å². The van der Waals surface area contributed by atoms with Crippen LogP contribution in [0.25, 0.3) is 0 Å². The first-order valence-electron chi connectivity index (χ1n) is 7.56. The van der Waals surface area contributed by atoms with E-state index >= 15 is 0 Å². The fraction of sp³-hybridized carbons (Fsp3) is 0.333. The van der Waals surface area contributed by atoms with E-state index in [0.29, 0.717) is 17.2 Å². The van der Waals surface area contributed by atoms with Crippen molar-refractivity contribution in [3.63, 3.8) is 0 Å². The van der Waals surface area contributed by atoms with E-state index in [1.807, 2.05) is 35.7 Å². The van der Waals surface area contributed by atoms with Crippen molar-refractivity contribution in [3.8, 4) is 5.75 Å². The zero-order valence-corrected chi connectivity index (χ0v) is 13.8. The molecule has 0 aliphatic heterocycles. The molecule has 0 radical (unpaired) electrons. The molecule has 1 fully saturated rings. The summed E-state index contributed by atoms with van der Waals surface area (Å²) >= 11 is 1.40. The van der Waals surface area contributed by atoms with Gasteiger partial charge in [-0.15, -0.1) is 11.3 Å². The Bertz CT molecular complexity index is 708. The molecule has 0 amide bonds. The largest absolute Gasteiger partial charge is 0.496 e. The molecule has 0 saturated heterocycles. The third-order valence-electron chi connectivity index (χ3n) is 4.14. The molecule has 0 N–H and O–H groups in total. The quantitative estimate of drug-likeness (QED) is 0.600. The molecule has 4 nitrogen and oxygen atoms in total. The summed E-state index contributed by atoms with van der Waals surface area (Å²) in [5, 5.41) is 1.87. The van der Waals surface area contributed by atoms with Crippen LogP contribution in [0.15, 0.2) is 41.8 Å². The van der Waals surface area contributed by atoms with Gasteiger partial charge in [-0.25, -0.2) is 0 Å². The molecule has 120 valence electrons. The van der Waals surface area contributed by atoms with Crippen molar-refractivity contribution in [1.82, 2.24) is 0 Å². The third-order valence-corrected chi connectivity index (χ3v) is 5.03. The topological polar surface area (TPSA) is 52.6 Å². The first kappa shape index (κ1) is 15.7. The Morgan fingerprint density at radius 3 is 2.57 bits per heavy atom. The average molecular weight is 330 g/mol. The summed E-state index contributed by atoms with van der Waals surface area (Å²) in [5.74, 6) is -0.579. The zero-order chi connectivity index (χ0) is 16.4. The van der Waals surface area contributed by atoms with Gasteiger partial charge in [-0.2, -0.15) is 0 Å². The maximum atomic E-state index is 12.7. The SMILES string of the molecule is CCOC(=O)C1C(C(=O)c2cccs2)C1c1ccccc1OC. The van der Waals surface area contributed by atoms with Crippen LogP contribution in [0.1, 0.15) is 28.1 Å². The number of carbonyl (C=O) groups is 2. The second-order valence-corrected chi connectivity index (χ2v) is 6.36. The van der Waals surface area contributed by atoms with Gasteiger partial charge in [-0.05, 0) is 30.0 Å². The van der Waals surface area contributed by atoms with Crippen molar-refractivity contribution in [3.05, 3.63) is 52.2 Å². The van der Waals surface area contributed by atoms with Crippen LogP contribution >= 0.6 is 11.3 Å². The molecule has 1 aromatic heterocycles. The number of esters is 1. The second-order valence-electron chi connectivity index (χ2n) is 5.41. The van der Waals surface area contributed by atoms with Crippen LogP contribution in [0.2, 0.25) is 0 Å². The van der Waals surface area contributed by atoms with Gasteiger partial charge >= 0.3 is 5.97 Å². The maximum absolute atomic E-state index is 12.7. The number of para-hydroxylation sites is 1. The van der Waals surface area contributed by atoms with Gasteiger partial charge in [-0.1, -0.05) is 24.3 Å². The van der Waals surface area contributed by atoms with Gasteiger partial charge in [0.25, 0.3) is 0 Å². The van der Waals surface area contributed by atoms with Gasteiger partial charge in [0.15, 0.2) is 5.78 Å².